The van der Waals surface area contributed by atoms with Crippen LogP contribution in [0, 0.1) is 17.5 Å². The molecule has 0 spiro atoms. The van der Waals surface area contributed by atoms with E-state index in [-0.39, 0.29) is 10.5 Å². The Kier molecular flexibility index (Phi) is 4.34. The number of hydrogen-bond acceptors (Lipinski definition) is 2. The van der Waals surface area contributed by atoms with Gasteiger partial charge >= 0.3 is 0 Å². The standard InChI is InChI=1S/C14H9F3O2S/c15-10-3-1-2-9(6-10)14(18)8-20(19)11-4-5-12(16)13(17)7-11/h1-7H,8H2. The maximum Gasteiger partial charge on any atom is 0.175 e. The minimum atomic E-state index is -1.82. The van der Waals surface area contributed by atoms with E-state index in [0.717, 1.165) is 24.3 Å². The summed E-state index contributed by atoms with van der Waals surface area (Å²) in [6.45, 7) is 0. The molecule has 0 heterocycles. The molecule has 1 unspecified atom stereocenters. The number of Topliss-reactive ketones (excluding diaryl/α,β-unsaturated/α-hetero) is 1. The Morgan fingerprint density at radius 2 is 1.75 bits per heavy atom. The van der Waals surface area contributed by atoms with Gasteiger partial charge in [0.2, 0.25) is 0 Å². The lowest BCUT2D eigenvalue weighted by molar-refractivity contribution is 0.102. The highest BCUT2D eigenvalue weighted by Gasteiger charge is 2.14. The van der Waals surface area contributed by atoms with E-state index in [1.807, 2.05) is 0 Å². The predicted octanol–water partition coefficient (Wildman–Crippen LogP) is 3.09. The molecule has 0 saturated heterocycles. The lowest BCUT2D eigenvalue weighted by atomic mass is 10.1. The van der Waals surface area contributed by atoms with Crippen LogP contribution in [0.15, 0.2) is 47.4 Å². The molecule has 2 nitrogen and oxygen atoms in total. The highest BCUT2D eigenvalue weighted by atomic mass is 32.2. The van der Waals surface area contributed by atoms with Gasteiger partial charge in [-0.3, -0.25) is 9.00 Å². The first kappa shape index (κ1) is 14.5. The molecule has 2 aromatic rings. The maximum absolute atomic E-state index is 13.0. The molecule has 1 atom stereocenters. The topological polar surface area (TPSA) is 34.1 Å². The number of ketones is 1. The molecule has 0 fully saturated rings. The Bertz CT molecular complexity index is 686. The second-order valence-electron chi connectivity index (χ2n) is 4.00. The van der Waals surface area contributed by atoms with Crippen LogP contribution in [-0.2, 0) is 10.8 Å². The maximum atomic E-state index is 13.0. The number of rotatable bonds is 4. The van der Waals surface area contributed by atoms with Gasteiger partial charge in [-0.1, -0.05) is 12.1 Å². The summed E-state index contributed by atoms with van der Waals surface area (Å²) < 4.78 is 50.6. The average molecular weight is 298 g/mol. The molecule has 0 aliphatic heterocycles. The van der Waals surface area contributed by atoms with Gasteiger partial charge in [0, 0.05) is 10.5 Å². The van der Waals surface area contributed by atoms with E-state index in [1.54, 1.807) is 0 Å². The summed E-state index contributed by atoms with van der Waals surface area (Å²) in [6, 6.07) is 7.75. The smallest absolute Gasteiger partial charge is 0.175 e. The van der Waals surface area contributed by atoms with Crippen molar-refractivity contribution in [2.75, 3.05) is 5.75 Å². The predicted molar refractivity (Wildman–Crippen MR) is 68.4 cm³/mol. The molecular formula is C14H9F3O2S. The van der Waals surface area contributed by atoms with Crippen molar-refractivity contribution in [3.05, 3.63) is 65.5 Å². The molecule has 0 N–H and O–H groups in total. The fourth-order valence-corrected chi connectivity index (χ4v) is 2.59. The number of carbonyl (C=O) groups is 1. The number of halogens is 3. The van der Waals surface area contributed by atoms with E-state index in [4.69, 9.17) is 0 Å². The third-order valence-corrected chi connectivity index (χ3v) is 3.87. The summed E-state index contributed by atoms with van der Waals surface area (Å²) in [5.41, 5.74) is 0.0842. The Balaban J connectivity index is 2.15. The normalized spacial score (nSPS) is 12.2. The van der Waals surface area contributed by atoms with Gasteiger partial charge in [-0.25, -0.2) is 13.2 Å². The summed E-state index contributed by atoms with van der Waals surface area (Å²) in [5, 5.41) is 0. The zero-order valence-corrected chi connectivity index (χ0v) is 10.9. The van der Waals surface area contributed by atoms with Gasteiger partial charge in [-0.05, 0) is 30.3 Å². The van der Waals surface area contributed by atoms with Crippen LogP contribution in [0.5, 0.6) is 0 Å². The fraction of sp³-hybridized carbons (Fsp3) is 0.0714. The van der Waals surface area contributed by atoms with Gasteiger partial charge < -0.3 is 0 Å². The van der Waals surface area contributed by atoms with E-state index >= 15 is 0 Å². The van der Waals surface area contributed by atoms with Gasteiger partial charge in [0.05, 0.1) is 16.6 Å². The average Bonchev–Trinajstić information content (AvgIpc) is 2.41. The van der Waals surface area contributed by atoms with Gasteiger partial charge in [0.1, 0.15) is 5.82 Å². The Morgan fingerprint density at radius 1 is 1.00 bits per heavy atom. The van der Waals surface area contributed by atoms with E-state index in [0.29, 0.717) is 0 Å². The SMILES string of the molecule is O=C(CS(=O)c1ccc(F)c(F)c1)c1cccc(F)c1. The minimum Gasteiger partial charge on any atom is -0.293 e. The molecule has 0 radical (unpaired) electrons. The van der Waals surface area contributed by atoms with Crippen LogP contribution in [0.3, 0.4) is 0 Å². The zero-order chi connectivity index (χ0) is 14.7. The van der Waals surface area contributed by atoms with Crippen molar-refractivity contribution >= 4 is 16.6 Å². The van der Waals surface area contributed by atoms with Crippen molar-refractivity contribution in [1.29, 1.82) is 0 Å². The van der Waals surface area contributed by atoms with E-state index in [9.17, 15) is 22.2 Å². The summed E-state index contributed by atoms with van der Waals surface area (Å²) in [6.07, 6.45) is 0. The number of benzene rings is 2. The van der Waals surface area contributed by atoms with Gasteiger partial charge in [0.15, 0.2) is 17.4 Å². The quantitative estimate of drug-likeness (QED) is 0.813. The number of carbonyl (C=O) groups excluding carboxylic acids is 1. The monoisotopic (exact) mass is 298 g/mol. The lowest BCUT2D eigenvalue weighted by Crippen LogP contribution is -2.11. The summed E-state index contributed by atoms with van der Waals surface area (Å²) in [4.78, 5) is 11.8. The molecule has 0 bridgehead atoms. The third kappa shape index (κ3) is 3.33. The van der Waals surface area contributed by atoms with E-state index < -0.39 is 39.8 Å². The summed E-state index contributed by atoms with van der Waals surface area (Å²) in [7, 11) is -1.82. The van der Waals surface area contributed by atoms with Gasteiger partial charge in [-0.2, -0.15) is 0 Å². The van der Waals surface area contributed by atoms with E-state index in [1.165, 1.54) is 18.2 Å². The van der Waals surface area contributed by atoms with Crippen molar-refractivity contribution in [2.45, 2.75) is 4.90 Å². The lowest BCUT2D eigenvalue weighted by Gasteiger charge is -2.03. The first-order chi connectivity index (χ1) is 9.47. The first-order valence-electron chi connectivity index (χ1n) is 5.59. The highest BCUT2D eigenvalue weighted by Crippen LogP contribution is 2.14. The molecule has 20 heavy (non-hydrogen) atoms. The Labute approximate surface area is 115 Å². The molecule has 0 aromatic heterocycles. The van der Waals surface area contributed by atoms with Crippen molar-refractivity contribution in [1.82, 2.24) is 0 Å². The van der Waals surface area contributed by atoms with Crippen LogP contribution in [0.25, 0.3) is 0 Å². The molecule has 0 aliphatic rings. The summed E-state index contributed by atoms with van der Waals surface area (Å²) in [5.74, 6) is -3.72. The highest BCUT2D eigenvalue weighted by molar-refractivity contribution is 7.85. The summed E-state index contributed by atoms with van der Waals surface area (Å²) >= 11 is 0. The van der Waals surface area contributed by atoms with Crippen LogP contribution in [0.4, 0.5) is 13.2 Å². The molecular weight excluding hydrogens is 289 g/mol. The van der Waals surface area contributed by atoms with Crippen molar-refractivity contribution < 1.29 is 22.2 Å². The van der Waals surface area contributed by atoms with Crippen LogP contribution < -0.4 is 0 Å². The number of hydrogen-bond donors (Lipinski definition) is 0. The first-order valence-corrected chi connectivity index (χ1v) is 6.91. The molecule has 0 saturated carbocycles. The van der Waals surface area contributed by atoms with Gasteiger partial charge in [0.25, 0.3) is 0 Å². The van der Waals surface area contributed by atoms with Crippen LogP contribution in [0.1, 0.15) is 10.4 Å². The molecule has 0 aliphatic carbocycles. The Morgan fingerprint density at radius 3 is 2.40 bits per heavy atom. The second kappa shape index (κ2) is 6.00. The van der Waals surface area contributed by atoms with Crippen molar-refractivity contribution in [3.63, 3.8) is 0 Å². The second-order valence-corrected chi connectivity index (χ2v) is 5.45. The molecule has 0 amide bonds. The van der Waals surface area contributed by atoms with Crippen LogP contribution >= 0.6 is 0 Å². The van der Waals surface area contributed by atoms with E-state index in [2.05, 4.69) is 0 Å². The van der Waals surface area contributed by atoms with Crippen LogP contribution in [0.2, 0.25) is 0 Å². The van der Waals surface area contributed by atoms with Crippen molar-refractivity contribution in [2.24, 2.45) is 0 Å². The zero-order valence-electron chi connectivity index (χ0n) is 10.1. The third-order valence-electron chi connectivity index (χ3n) is 2.56. The van der Waals surface area contributed by atoms with Crippen LogP contribution in [-0.4, -0.2) is 15.7 Å². The van der Waals surface area contributed by atoms with Gasteiger partial charge in [-0.15, -0.1) is 0 Å². The molecule has 2 rings (SSSR count). The van der Waals surface area contributed by atoms with Crippen molar-refractivity contribution in [3.8, 4) is 0 Å². The molecule has 104 valence electrons. The Hall–Kier alpha value is -1.95. The minimum absolute atomic E-state index is 0.00801. The molecule has 2 aromatic carbocycles. The fourth-order valence-electron chi connectivity index (χ4n) is 1.57. The molecule has 6 heteroatoms. The largest absolute Gasteiger partial charge is 0.293 e.